The highest BCUT2D eigenvalue weighted by Gasteiger charge is 2.41. The smallest absolute Gasteiger partial charge is 0.314 e. The van der Waals surface area contributed by atoms with Crippen LogP contribution >= 0.6 is 11.8 Å². The number of unbranched alkanes of at least 4 members (excludes halogenated alkanes) is 1. The van der Waals surface area contributed by atoms with Gasteiger partial charge in [0.2, 0.25) is 0 Å². The van der Waals surface area contributed by atoms with Gasteiger partial charge in [-0.05, 0) is 37.7 Å². The van der Waals surface area contributed by atoms with Crippen molar-refractivity contribution in [3.8, 4) is 0 Å². The Morgan fingerprint density at radius 1 is 1.38 bits per heavy atom. The SMILES string of the molecule is CSCCCCNC(=O)NCC1(CO)CC1. The fourth-order valence-electron chi connectivity index (χ4n) is 1.47. The van der Waals surface area contributed by atoms with Crippen LogP contribution in [0.15, 0.2) is 0 Å². The summed E-state index contributed by atoms with van der Waals surface area (Å²) in [5.74, 6) is 1.15. The van der Waals surface area contributed by atoms with E-state index in [1.54, 1.807) is 0 Å². The van der Waals surface area contributed by atoms with Crippen molar-refractivity contribution in [2.24, 2.45) is 5.41 Å². The van der Waals surface area contributed by atoms with E-state index in [-0.39, 0.29) is 18.1 Å². The molecule has 0 spiro atoms. The number of aliphatic hydroxyl groups excluding tert-OH is 1. The van der Waals surface area contributed by atoms with Gasteiger partial charge in [-0.2, -0.15) is 11.8 Å². The van der Waals surface area contributed by atoms with Gasteiger partial charge in [0.25, 0.3) is 0 Å². The van der Waals surface area contributed by atoms with Crippen LogP contribution in [-0.2, 0) is 0 Å². The predicted molar refractivity (Wildman–Crippen MR) is 67.8 cm³/mol. The highest BCUT2D eigenvalue weighted by atomic mass is 32.2. The number of hydrogen-bond acceptors (Lipinski definition) is 3. The lowest BCUT2D eigenvalue weighted by Gasteiger charge is -2.13. The van der Waals surface area contributed by atoms with Crippen molar-refractivity contribution in [3.63, 3.8) is 0 Å². The van der Waals surface area contributed by atoms with Crippen LogP contribution in [0.5, 0.6) is 0 Å². The molecule has 0 bridgehead atoms. The minimum atomic E-state index is -0.108. The lowest BCUT2D eigenvalue weighted by molar-refractivity contribution is 0.203. The average Bonchev–Trinajstić information content (AvgIpc) is 3.07. The lowest BCUT2D eigenvalue weighted by Crippen LogP contribution is -2.39. The zero-order valence-corrected chi connectivity index (χ0v) is 10.7. The van der Waals surface area contributed by atoms with Crippen LogP contribution in [0.2, 0.25) is 0 Å². The van der Waals surface area contributed by atoms with Gasteiger partial charge >= 0.3 is 6.03 Å². The molecule has 5 heteroatoms. The summed E-state index contributed by atoms with van der Waals surface area (Å²) in [6.45, 7) is 1.51. The highest BCUT2D eigenvalue weighted by Crippen LogP contribution is 2.44. The number of thioether (sulfide) groups is 1. The fourth-order valence-corrected chi connectivity index (χ4v) is 1.96. The summed E-state index contributed by atoms with van der Waals surface area (Å²) < 4.78 is 0. The Labute approximate surface area is 102 Å². The quantitative estimate of drug-likeness (QED) is 0.564. The van der Waals surface area contributed by atoms with Gasteiger partial charge in [0.15, 0.2) is 0 Å². The monoisotopic (exact) mass is 246 g/mol. The molecule has 0 atom stereocenters. The molecule has 1 saturated carbocycles. The summed E-state index contributed by atoms with van der Waals surface area (Å²) in [5, 5.41) is 14.7. The van der Waals surface area contributed by atoms with Gasteiger partial charge < -0.3 is 15.7 Å². The first-order chi connectivity index (χ1) is 7.72. The molecule has 1 aliphatic carbocycles. The summed E-state index contributed by atoms with van der Waals surface area (Å²) in [6, 6.07) is -0.108. The molecular weight excluding hydrogens is 224 g/mol. The third-order valence-corrected chi connectivity index (χ3v) is 3.67. The van der Waals surface area contributed by atoms with E-state index in [4.69, 9.17) is 5.11 Å². The Bertz CT molecular complexity index is 220. The van der Waals surface area contributed by atoms with Crippen molar-refractivity contribution < 1.29 is 9.90 Å². The number of carbonyl (C=O) groups is 1. The van der Waals surface area contributed by atoms with E-state index in [9.17, 15) is 4.79 Å². The zero-order chi connectivity index (χ0) is 11.9. The molecule has 0 unspecified atom stereocenters. The Balaban J connectivity index is 1.95. The molecule has 94 valence electrons. The van der Waals surface area contributed by atoms with Crippen LogP contribution in [-0.4, -0.2) is 42.8 Å². The molecule has 0 aromatic carbocycles. The van der Waals surface area contributed by atoms with E-state index in [0.717, 1.165) is 38.0 Å². The molecule has 1 aliphatic rings. The first-order valence-electron chi connectivity index (χ1n) is 5.84. The molecular formula is C11H22N2O2S. The summed E-state index contributed by atoms with van der Waals surface area (Å²) >= 11 is 1.83. The number of hydrogen-bond donors (Lipinski definition) is 3. The fraction of sp³-hybridized carbons (Fsp3) is 0.909. The molecule has 0 saturated heterocycles. The molecule has 0 aliphatic heterocycles. The first-order valence-corrected chi connectivity index (χ1v) is 7.23. The van der Waals surface area contributed by atoms with Gasteiger partial charge in [0.1, 0.15) is 0 Å². The summed E-state index contributed by atoms with van der Waals surface area (Å²) in [5.41, 5.74) is -0.00378. The number of urea groups is 1. The summed E-state index contributed by atoms with van der Waals surface area (Å²) in [7, 11) is 0. The van der Waals surface area contributed by atoms with Crippen LogP contribution in [0.25, 0.3) is 0 Å². The van der Waals surface area contributed by atoms with Crippen LogP contribution in [0.4, 0.5) is 4.79 Å². The van der Waals surface area contributed by atoms with E-state index >= 15 is 0 Å². The topological polar surface area (TPSA) is 61.4 Å². The molecule has 3 N–H and O–H groups in total. The van der Waals surface area contributed by atoms with Crippen LogP contribution in [0.1, 0.15) is 25.7 Å². The Hall–Kier alpha value is -0.420. The number of rotatable bonds is 8. The number of aliphatic hydroxyl groups is 1. The maximum Gasteiger partial charge on any atom is 0.314 e. The van der Waals surface area contributed by atoms with Crippen molar-refractivity contribution in [3.05, 3.63) is 0 Å². The zero-order valence-electron chi connectivity index (χ0n) is 9.92. The second-order valence-electron chi connectivity index (χ2n) is 4.47. The molecule has 0 heterocycles. The minimum Gasteiger partial charge on any atom is -0.396 e. The van der Waals surface area contributed by atoms with Gasteiger partial charge in [-0.25, -0.2) is 4.79 Å². The second kappa shape index (κ2) is 7.01. The first kappa shape index (κ1) is 13.6. The third kappa shape index (κ3) is 5.07. The van der Waals surface area contributed by atoms with Crippen molar-refractivity contribution in [1.29, 1.82) is 0 Å². The van der Waals surface area contributed by atoms with E-state index in [2.05, 4.69) is 16.9 Å². The van der Waals surface area contributed by atoms with E-state index < -0.39 is 0 Å². The van der Waals surface area contributed by atoms with Gasteiger partial charge in [-0.1, -0.05) is 0 Å². The molecule has 0 radical (unpaired) electrons. The van der Waals surface area contributed by atoms with Gasteiger partial charge in [0.05, 0.1) is 6.61 Å². The van der Waals surface area contributed by atoms with E-state index in [0.29, 0.717) is 6.54 Å². The lowest BCUT2D eigenvalue weighted by atomic mass is 10.1. The van der Waals surface area contributed by atoms with Crippen molar-refractivity contribution in [2.75, 3.05) is 31.7 Å². The van der Waals surface area contributed by atoms with Crippen LogP contribution in [0, 0.1) is 5.41 Å². The molecule has 2 amide bonds. The average molecular weight is 246 g/mol. The number of carbonyl (C=O) groups excluding carboxylic acids is 1. The van der Waals surface area contributed by atoms with Crippen LogP contribution in [0.3, 0.4) is 0 Å². The number of amides is 2. The standard InChI is InChI=1S/C11H22N2O2S/c1-16-7-3-2-6-12-10(15)13-8-11(9-14)4-5-11/h14H,2-9H2,1H3,(H2,12,13,15). The third-order valence-electron chi connectivity index (χ3n) is 2.98. The molecule has 0 aromatic rings. The van der Waals surface area contributed by atoms with Crippen LogP contribution < -0.4 is 10.6 Å². The van der Waals surface area contributed by atoms with Crippen molar-refractivity contribution in [2.45, 2.75) is 25.7 Å². The van der Waals surface area contributed by atoms with Gasteiger partial charge in [-0.15, -0.1) is 0 Å². The van der Waals surface area contributed by atoms with E-state index in [1.807, 2.05) is 11.8 Å². The molecule has 1 rings (SSSR count). The maximum atomic E-state index is 11.4. The molecule has 1 fully saturated rings. The molecule has 0 aromatic heterocycles. The van der Waals surface area contributed by atoms with Crippen molar-refractivity contribution in [1.82, 2.24) is 10.6 Å². The molecule has 4 nitrogen and oxygen atoms in total. The Kier molecular flexibility index (Phi) is 5.98. The second-order valence-corrected chi connectivity index (χ2v) is 5.45. The highest BCUT2D eigenvalue weighted by molar-refractivity contribution is 7.98. The Morgan fingerprint density at radius 2 is 2.12 bits per heavy atom. The van der Waals surface area contributed by atoms with Gasteiger partial charge in [-0.3, -0.25) is 0 Å². The van der Waals surface area contributed by atoms with Gasteiger partial charge in [0, 0.05) is 18.5 Å². The minimum absolute atomic E-state index is 0.00378. The number of nitrogens with one attached hydrogen (secondary N) is 2. The predicted octanol–water partition coefficient (Wildman–Crippen LogP) is 1.20. The maximum absolute atomic E-state index is 11.4. The summed E-state index contributed by atoms with van der Waals surface area (Å²) in [4.78, 5) is 11.4. The largest absolute Gasteiger partial charge is 0.396 e. The van der Waals surface area contributed by atoms with Crippen molar-refractivity contribution >= 4 is 17.8 Å². The summed E-state index contributed by atoms with van der Waals surface area (Å²) in [6.07, 6.45) is 6.31. The Morgan fingerprint density at radius 3 is 2.69 bits per heavy atom. The van der Waals surface area contributed by atoms with E-state index in [1.165, 1.54) is 0 Å². The molecule has 16 heavy (non-hydrogen) atoms. The normalized spacial score (nSPS) is 16.9.